The number of ether oxygens (including phenoxy) is 1. The molecule has 0 saturated heterocycles. The van der Waals surface area contributed by atoms with Gasteiger partial charge in [0.1, 0.15) is 5.75 Å². The minimum atomic E-state index is -0.00492. The fraction of sp³-hybridized carbons (Fsp3) is 0.360. The first-order valence-corrected chi connectivity index (χ1v) is 10.5. The Kier molecular flexibility index (Phi) is 4.24. The third-order valence-corrected chi connectivity index (χ3v) is 6.54. The molecule has 0 spiro atoms. The van der Waals surface area contributed by atoms with E-state index in [1.54, 1.807) is 7.11 Å². The summed E-state index contributed by atoms with van der Waals surface area (Å²) in [6, 6.07) is 14.1. The lowest BCUT2D eigenvalue weighted by Gasteiger charge is -2.24. The molecule has 2 heterocycles. The van der Waals surface area contributed by atoms with Crippen molar-refractivity contribution in [2.45, 2.75) is 46.2 Å². The van der Waals surface area contributed by atoms with E-state index in [0.29, 0.717) is 6.54 Å². The van der Waals surface area contributed by atoms with Crippen LogP contribution in [0.25, 0.3) is 11.3 Å². The van der Waals surface area contributed by atoms with Crippen molar-refractivity contribution < 1.29 is 9.53 Å². The molecule has 1 aliphatic carbocycles. The summed E-state index contributed by atoms with van der Waals surface area (Å²) in [6.07, 6.45) is 2.07. The first kappa shape index (κ1) is 18.9. The molecule has 1 N–H and O–H groups in total. The molecule has 154 valence electrons. The van der Waals surface area contributed by atoms with Crippen molar-refractivity contribution in [1.29, 1.82) is 0 Å². The molecule has 2 aliphatic rings. The second-order valence-corrected chi connectivity index (χ2v) is 9.30. The Labute approximate surface area is 177 Å². The maximum atomic E-state index is 13.1. The topological polar surface area (TPSA) is 58.2 Å². The fourth-order valence-corrected chi connectivity index (χ4v) is 4.86. The van der Waals surface area contributed by atoms with E-state index in [9.17, 15) is 4.79 Å². The summed E-state index contributed by atoms with van der Waals surface area (Å²) < 4.78 is 5.25. The highest BCUT2D eigenvalue weighted by molar-refractivity contribution is 5.99. The summed E-state index contributed by atoms with van der Waals surface area (Å²) in [7, 11) is 1.66. The van der Waals surface area contributed by atoms with E-state index in [-0.39, 0.29) is 17.4 Å². The van der Waals surface area contributed by atoms with Crippen LogP contribution in [0.3, 0.4) is 0 Å². The lowest BCUT2D eigenvalue weighted by atomic mass is 9.90. The molecule has 1 amide bonds. The fourth-order valence-electron chi connectivity index (χ4n) is 4.86. The van der Waals surface area contributed by atoms with Crippen LogP contribution in [0.4, 0.5) is 0 Å². The van der Waals surface area contributed by atoms with Crippen LogP contribution in [0.15, 0.2) is 42.5 Å². The first-order chi connectivity index (χ1) is 14.4. The third kappa shape index (κ3) is 3.00. The summed E-state index contributed by atoms with van der Waals surface area (Å²) in [6.45, 7) is 7.29. The zero-order chi connectivity index (χ0) is 21.0. The van der Waals surface area contributed by atoms with Crippen molar-refractivity contribution >= 4 is 5.91 Å². The van der Waals surface area contributed by atoms with Gasteiger partial charge < -0.3 is 9.64 Å². The highest BCUT2D eigenvalue weighted by Crippen LogP contribution is 2.41. The normalized spacial score (nSPS) is 17.7. The molecule has 0 unspecified atom stereocenters. The van der Waals surface area contributed by atoms with Gasteiger partial charge in [0.2, 0.25) is 0 Å². The molecule has 1 aliphatic heterocycles. The molecule has 5 heteroatoms. The Morgan fingerprint density at radius 2 is 1.90 bits per heavy atom. The summed E-state index contributed by atoms with van der Waals surface area (Å²) in [5.74, 6) is 0.912. The average molecular weight is 402 g/mol. The monoisotopic (exact) mass is 401 g/mol. The number of aromatic amines is 1. The van der Waals surface area contributed by atoms with Crippen LogP contribution >= 0.6 is 0 Å². The van der Waals surface area contributed by atoms with Crippen LogP contribution in [0, 0.1) is 5.41 Å². The number of hydrogen-bond acceptors (Lipinski definition) is 3. The third-order valence-electron chi connectivity index (χ3n) is 6.54. The second-order valence-electron chi connectivity index (χ2n) is 9.30. The zero-order valence-electron chi connectivity index (χ0n) is 18.0. The van der Waals surface area contributed by atoms with Gasteiger partial charge in [-0.25, -0.2) is 0 Å². The highest BCUT2D eigenvalue weighted by atomic mass is 16.5. The molecule has 1 atom stereocenters. The minimum Gasteiger partial charge on any atom is -0.497 e. The van der Waals surface area contributed by atoms with Gasteiger partial charge in [0.25, 0.3) is 5.91 Å². The van der Waals surface area contributed by atoms with Gasteiger partial charge in [0, 0.05) is 28.9 Å². The molecule has 5 nitrogen and oxygen atoms in total. The molecule has 0 saturated carbocycles. The lowest BCUT2D eigenvalue weighted by molar-refractivity contribution is 0.0716. The number of benzene rings is 2. The number of carbonyl (C=O) groups is 1. The maximum Gasteiger partial charge on any atom is 0.255 e. The predicted octanol–water partition coefficient (Wildman–Crippen LogP) is 4.93. The molecule has 1 aromatic heterocycles. The molecule has 0 radical (unpaired) electrons. The van der Waals surface area contributed by atoms with Crippen LogP contribution < -0.4 is 4.74 Å². The number of H-pyrrole nitrogens is 1. The van der Waals surface area contributed by atoms with E-state index >= 15 is 0 Å². The van der Waals surface area contributed by atoms with Gasteiger partial charge in [-0.2, -0.15) is 5.10 Å². The van der Waals surface area contributed by atoms with Crippen molar-refractivity contribution in [3.63, 3.8) is 0 Å². The van der Waals surface area contributed by atoms with E-state index in [1.807, 2.05) is 41.3 Å². The highest BCUT2D eigenvalue weighted by Gasteiger charge is 2.34. The van der Waals surface area contributed by atoms with Crippen LogP contribution in [-0.4, -0.2) is 28.1 Å². The van der Waals surface area contributed by atoms with Crippen molar-refractivity contribution in [2.24, 2.45) is 5.41 Å². The lowest BCUT2D eigenvalue weighted by Crippen LogP contribution is -2.27. The van der Waals surface area contributed by atoms with Gasteiger partial charge in [0.05, 0.1) is 18.8 Å². The van der Waals surface area contributed by atoms with E-state index in [0.717, 1.165) is 46.5 Å². The van der Waals surface area contributed by atoms with Crippen molar-refractivity contribution in [1.82, 2.24) is 15.1 Å². The number of amides is 1. The SMILES string of the molecule is COc1ccc([C@H](C)N2Cc3cc(-c4n[nH]c5c4CC(C)(C)C5)ccc3C2=O)cc1. The number of nitrogens with zero attached hydrogens (tertiary/aromatic N) is 2. The smallest absolute Gasteiger partial charge is 0.255 e. The molecular weight excluding hydrogens is 374 g/mol. The molecule has 2 aromatic carbocycles. The molecule has 30 heavy (non-hydrogen) atoms. The summed E-state index contributed by atoms with van der Waals surface area (Å²) in [4.78, 5) is 15.0. The van der Waals surface area contributed by atoms with Crippen LogP contribution in [-0.2, 0) is 19.4 Å². The van der Waals surface area contributed by atoms with E-state index in [4.69, 9.17) is 4.74 Å². The minimum absolute atomic E-state index is 0.00492. The summed E-state index contributed by atoms with van der Waals surface area (Å²) in [5, 5.41) is 7.84. The van der Waals surface area contributed by atoms with Gasteiger partial charge in [0.15, 0.2) is 0 Å². The van der Waals surface area contributed by atoms with Crippen molar-refractivity contribution in [2.75, 3.05) is 7.11 Å². The summed E-state index contributed by atoms with van der Waals surface area (Å²) in [5.41, 5.74) is 7.95. The van der Waals surface area contributed by atoms with Crippen LogP contribution in [0.2, 0.25) is 0 Å². The van der Waals surface area contributed by atoms with Gasteiger partial charge >= 0.3 is 0 Å². The number of rotatable bonds is 4. The Morgan fingerprint density at radius 1 is 1.13 bits per heavy atom. The first-order valence-electron chi connectivity index (χ1n) is 10.5. The Balaban J connectivity index is 1.42. The van der Waals surface area contributed by atoms with Gasteiger partial charge in [-0.3, -0.25) is 9.89 Å². The van der Waals surface area contributed by atoms with Crippen molar-refractivity contribution in [3.8, 4) is 17.0 Å². The standard InChI is InChI=1S/C25H27N3O2/c1-15(16-5-8-19(30-4)9-6-16)28-14-18-11-17(7-10-20(18)24(28)29)23-21-12-25(2,3)13-22(21)26-27-23/h5-11,15H,12-14H2,1-4H3,(H,26,27)/t15-/m0/s1. The Morgan fingerprint density at radius 3 is 2.63 bits per heavy atom. The molecule has 0 bridgehead atoms. The molecule has 5 rings (SSSR count). The number of carbonyl (C=O) groups excluding carboxylic acids is 1. The van der Waals surface area contributed by atoms with Crippen LogP contribution in [0.1, 0.15) is 59.6 Å². The maximum absolute atomic E-state index is 13.1. The predicted molar refractivity (Wildman–Crippen MR) is 116 cm³/mol. The molecule has 3 aromatic rings. The van der Waals surface area contributed by atoms with E-state index in [1.165, 1.54) is 11.3 Å². The van der Waals surface area contributed by atoms with E-state index in [2.05, 4.69) is 37.0 Å². The Hall–Kier alpha value is -3.08. The Bertz CT molecular complexity index is 1130. The molecular formula is C25H27N3O2. The molecule has 0 fully saturated rings. The average Bonchev–Trinajstić information content (AvgIpc) is 3.36. The number of methoxy groups -OCH3 is 1. The zero-order valence-corrected chi connectivity index (χ0v) is 18.0. The van der Waals surface area contributed by atoms with Gasteiger partial charge in [-0.05, 0) is 60.6 Å². The number of fused-ring (bicyclic) bond motifs is 2. The quantitative estimate of drug-likeness (QED) is 0.675. The van der Waals surface area contributed by atoms with Gasteiger partial charge in [-0.1, -0.05) is 32.0 Å². The number of hydrogen-bond donors (Lipinski definition) is 1. The largest absolute Gasteiger partial charge is 0.497 e. The van der Waals surface area contributed by atoms with Crippen LogP contribution in [0.5, 0.6) is 5.75 Å². The van der Waals surface area contributed by atoms with E-state index < -0.39 is 0 Å². The van der Waals surface area contributed by atoms with Crippen molar-refractivity contribution in [3.05, 3.63) is 70.4 Å². The van der Waals surface area contributed by atoms with Gasteiger partial charge in [-0.15, -0.1) is 0 Å². The number of nitrogens with one attached hydrogen (secondary N) is 1. The second kappa shape index (κ2) is 6.73. The summed E-state index contributed by atoms with van der Waals surface area (Å²) >= 11 is 0. The number of aromatic nitrogens is 2.